The second-order valence-electron chi connectivity index (χ2n) is 4.12. The lowest BCUT2D eigenvalue weighted by Crippen LogP contribution is -1.89. The van der Waals surface area contributed by atoms with Gasteiger partial charge >= 0.3 is 0 Å². The van der Waals surface area contributed by atoms with Crippen LogP contribution < -0.4 is 0 Å². The summed E-state index contributed by atoms with van der Waals surface area (Å²) < 4.78 is 6.22. The third kappa shape index (κ3) is 2.81. The molecule has 0 aliphatic rings. The molecule has 0 saturated heterocycles. The highest BCUT2D eigenvalue weighted by molar-refractivity contribution is 8.15. The van der Waals surface area contributed by atoms with Gasteiger partial charge in [0.1, 0.15) is 11.3 Å². The predicted molar refractivity (Wildman–Crippen MR) is 79.0 cm³/mol. The molecule has 1 aromatic carbocycles. The summed E-state index contributed by atoms with van der Waals surface area (Å²) >= 11 is 2.36. The van der Waals surface area contributed by atoms with Crippen LogP contribution in [0.2, 0.25) is 0 Å². The zero-order valence-electron chi connectivity index (χ0n) is 10.6. The number of aryl methyl sites for hydroxylation is 1. The fraction of sp³-hybridized carbons (Fsp3) is 0.0714. The molecule has 0 spiro atoms. The largest absolute Gasteiger partial charge is 0.452 e. The van der Waals surface area contributed by atoms with Crippen molar-refractivity contribution in [1.29, 1.82) is 0 Å². The van der Waals surface area contributed by atoms with Crippen LogP contribution in [0.25, 0.3) is 11.3 Å². The molecule has 0 radical (unpaired) electrons. The minimum atomic E-state index is -0.167. The molecule has 0 aliphatic heterocycles. The van der Waals surface area contributed by atoms with Crippen LogP contribution in [0.5, 0.6) is 0 Å². The van der Waals surface area contributed by atoms with Crippen LogP contribution in [-0.2, 0) is 0 Å². The van der Waals surface area contributed by atoms with Crippen molar-refractivity contribution in [3.05, 3.63) is 53.2 Å². The highest BCUT2D eigenvalue weighted by Crippen LogP contribution is 2.28. The number of carbonyl (C=O) groups is 1. The van der Waals surface area contributed by atoms with Gasteiger partial charge in [0.05, 0.1) is 0 Å². The van der Waals surface area contributed by atoms with Gasteiger partial charge in [-0.1, -0.05) is 41.2 Å². The Morgan fingerprint density at radius 1 is 1.20 bits per heavy atom. The molecule has 0 atom stereocenters. The van der Waals surface area contributed by atoms with Gasteiger partial charge in [-0.05, 0) is 30.8 Å². The summed E-state index contributed by atoms with van der Waals surface area (Å²) in [4.78, 5) is 12.0. The van der Waals surface area contributed by atoms with E-state index in [-0.39, 0.29) is 5.12 Å². The Bertz CT molecular complexity index is 718. The Kier molecular flexibility index (Phi) is 3.66. The van der Waals surface area contributed by atoms with Gasteiger partial charge in [0.2, 0.25) is 0 Å². The van der Waals surface area contributed by atoms with Crippen molar-refractivity contribution in [1.82, 2.24) is 10.2 Å². The third-order valence-corrected chi connectivity index (χ3v) is 4.33. The van der Waals surface area contributed by atoms with Crippen molar-refractivity contribution in [2.75, 3.05) is 0 Å². The molecule has 2 heterocycles. The fourth-order valence-corrected chi connectivity index (χ4v) is 2.94. The second-order valence-corrected chi connectivity index (χ2v) is 6.18. The Morgan fingerprint density at radius 2 is 2.00 bits per heavy atom. The second kappa shape index (κ2) is 5.60. The van der Waals surface area contributed by atoms with Gasteiger partial charge < -0.3 is 4.42 Å². The standard InChI is InChI=1S/C14H10N2O2S2/c1-9-2-4-10(5-3-9)11-6-7-12(18-11)13(17)20-14-16-15-8-19-14/h2-8H,1H3. The molecular weight excluding hydrogens is 292 g/mol. The molecule has 3 aromatic rings. The highest BCUT2D eigenvalue weighted by Gasteiger charge is 2.15. The van der Waals surface area contributed by atoms with Gasteiger partial charge in [-0.3, -0.25) is 4.79 Å². The molecule has 2 aromatic heterocycles. The van der Waals surface area contributed by atoms with Crippen LogP contribution in [0.15, 0.2) is 50.7 Å². The smallest absolute Gasteiger partial charge is 0.261 e. The van der Waals surface area contributed by atoms with E-state index in [4.69, 9.17) is 4.42 Å². The molecule has 20 heavy (non-hydrogen) atoms. The van der Waals surface area contributed by atoms with Crippen molar-refractivity contribution in [3.63, 3.8) is 0 Å². The van der Waals surface area contributed by atoms with Crippen LogP contribution in [0.1, 0.15) is 16.1 Å². The number of thioether (sulfide) groups is 1. The van der Waals surface area contributed by atoms with E-state index in [0.29, 0.717) is 15.9 Å². The van der Waals surface area contributed by atoms with Crippen molar-refractivity contribution in [2.24, 2.45) is 0 Å². The van der Waals surface area contributed by atoms with Crippen LogP contribution in [0.4, 0.5) is 0 Å². The van der Waals surface area contributed by atoms with Crippen molar-refractivity contribution >= 4 is 28.2 Å². The number of carbonyl (C=O) groups excluding carboxylic acids is 1. The maximum Gasteiger partial charge on any atom is 0.261 e. The summed E-state index contributed by atoms with van der Waals surface area (Å²) in [6, 6.07) is 11.5. The van der Waals surface area contributed by atoms with Gasteiger partial charge in [0.25, 0.3) is 5.12 Å². The zero-order chi connectivity index (χ0) is 13.9. The molecule has 0 fully saturated rings. The fourth-order valence-electron chi connectivity index (χ4n) is 1.66. The van der Waals surface area contributed by atoms with Crippen molar-refractivity contribution in [3.8, 4) is 11.3 Å². The lowest BCUT2D eigenvalue weighted by Gasteiger charge is -1.97. The summed E-state index contributed by atoms with van der Waals surface area (Å²) in [5, 5.41) is 7.35. The minimum Gasteiger partial charge on any atom is -0.452 e. The summed E-state index contributed by atoms with van der Waals surface area (Å²) in [5.41, 5.74) is 3.73. The first kappa shape index (κ1) is 13.1. The molecule has 0 saturated carbocycles. The van der Waals surface area contributed by atoms with E-state index in [1.165, 1.54) is 16.9 Å². The van der Waals surface area contributed by atoms with Gasteiger partial charge in [-0.2, -0.15) is 0 Å². The maximum atomic E-state index is 12.0. The lowest BCUT2D eigenvalue weighted by atomic mass is 10.1. The molecule has 0 unspecified atom stereocenters. The topological polar surface area (TPSA) is 56.0 Å². The van der Waals surface area contributed by atoms with E-state index in [1.54, 1.807) is 17.6 Å². The molecule has 0 N–H and O–H groups in total. The van der Waals surface area contributed by atoms with Crippen LogP contribution in [0, 0.1) is 6.92 Å². The van der Waals surface area contributed by atoms with Crippen LogP contribution >= 0.6 is 23.1 Å². The number of rotatable bonds is 3. The highest BCUT2D eigenvalue weighted by atomic mass is 32.2. The Morgan fingerprint density at radius 3 is 2.70 bits per heavy atom. The van der Waals surface area contributed by atoms with Gasteiger partial charge in [-0.25, -0.2) is 0 Å². The summed E-state index contributed by atoms with van der Waals surface area (Å²) in [7, 11) is 0. The van der Waals surface area contributed by atoms with E-state index in [2.05, 4.69) is 10.2 Å². The molecule has 6 heteroatoms. The van der Waals surface area contributed by atoms with Crippen molar-refractivity contribution < 1.29 is 9.21 Å². The molecule has 0 amide bonds. The number of aromatic nitrogens is 2. The minimum absolute atomic E-state index is 0.167. The van der Waals surface area contributed by atoms with Gasteiger partial charge in [0, 0.05) is 5.56 Å². The number of hydrogen-bond donors (Lipinski definition) is 0. The Balaban J connectivity index is 1.79. The summed E-state index contributed by atoms with van der Waals surface area (Å²) in [6.07, 6.45) is 0. The van der Waals surface area contributed by atoms with Crippen LogP contribution in [0.3, 0.4) is 0 Å². The molecule has 100 valence electrons. The average molecular weight is 302 g/mol. The monoisotopic (exact) mass is 302 g/mol. The molecule has 4 nitrogen and oxygen atoms in total. The number of furan rings is 1. The van der Waals surface area contributed by atoms with E-state index >= 15 is 0 Å². The molecular formula is C14H10N2O2S2. The number of benzene rings is 1. The van der Waals surface area contributed by atoms with Gasteiger partial charge in [-0.15, -0.1) is 10.2 Å². The normalized spacial score (nSPS) is 10.7. The first-order valence-corrected chi connectivity index (χ1v) is 7.57. The van der Waals surface area contributed by atoms with E-state index in [0.717, 1.165) is 17.3 Å². The maximum absolute atomic E-state index is 12.0. The molecule has 0 bridgehead atoms. The Labute approximate surface area is 123 Å². The summed E-state index contributed by atoms with van der Waals surface area (Å²) in [6.45, 7) is 2.03. The number of hydrogen-bond acceptors (Lipinski definition) is 6. The summed E-state index contributed by atoms with van der Waals surface area (Å²) in [5.74, 6) is 1.01. The first-order chi connectivity index (χ1) is 9.72. The molecule has 3 rings (SSSR count). The predicted octanol–water partition coefficient (Wildman–Crippen LogP) is 4.04. The van der Waals surface area contributed by atoms with Gasteiger partial charge in [0.15, 0.2) is 10.1 Å². The zero-order valence-corrected chi connectivity index (χ0v) is 12.2. The lowest BCUT2D eigenvalue weighted by molar-refractivity contribution is 0.106. The van der Waals surface area contributed by atoms with E-state index in [1.807, 2.05) is 31.2 Å². The van der Waals surface area contributed by atoms with E-state index < -0.39 is 0 Å². The molecule has 0 aliphatic carbocycles. The number of nitrogens with zero attached hydrogens (tertiary/aromatic N) is 2. The third-order valence-electron chi connectivity index (χ3n) is 2.66. The SMILES string of the molecule is Cc1ccc(-c2ccc(C(=O)Sc3nncs3)o2)cc1. The quantitative estimate of drug-likeness (QED) is 0.683. The Hall–Kier alpha value is -1.92. The van der Waals surface area contributed by atoms with Crippen LogP contribution in [-0.4, -0.2) is 15.3 Å². The van der Waals surface area contributed by atoms with Crippen molar-refractivity contribution in [2.45, 2.75) is 11.3 Å². The average Bonchev–Trinajstić information content (AvgIpc) is 3.10. The van der Waals surface area contributed by atoms with E-state index in [9.17, 15) is 4.79 Å². The first-order valence-electron chi connectivity index (χ1n) is 5.87.